The van der Waals surface area contributed by atoms with E-state index in [-0.39, 0.29) is 6.57 Å². The first-order valence-electron chi connectivity index (χ1n) is 14.0. The van der Waals surface area contributed by atoms with E-state index in [4.69, 9.17) is 4.42 Å². The first-order valence-corrected chi connectivity index (χ1v) is 15.8. The number of para-hydroxylation sites is 2. The molecule has 0 radical (unpaired) electrons. The smallest absolute Gasteiger partial charge is 0.377 e. The van der Waals surface area contributed by atoms with Crippen LogP contribution in [0.2, 0.25) is 0 Å². The lowest BCUT2D eigenvalue weighted by Gasteiger charge is -2.35. The Balaban J connectivity index is 1.30. The molecular weight excluding hydrogens is 520 g/mol. The van der Waals surface area contributed by atoms with Crippen LogP contribution in [0.15, 0.2) is 132 Å². The summed E-state index contributed by atoms with van der Waals surface area (Å²) < 4.78 is 21.8. The molecule has 0 fully saturated rings. The van der Waals surface area contributed by atoms with Crippen LogP contribution < -0.4 is 20.9 Å². The van der Waals surface area contributed by atoms with Gasteiger partial charge in [0.2, 0.25) is 0 Å². The van der Waals surface area contributed by atoms with Crippen molar-refractivity contribution >= 4 is 63.0 Å². The summed E-state index contributed by atoms with van der Waals surface area (Å²) in [5.74, 6) is 0. The molecule has 0 bridgehead atoms. The van der Waals surface area contributed by atoms with Gasteiger partial charge < -0.3 is 13.8 Å². The number of anilines is 2. The van der Waals surface area contributed by atoms with Crippen molar-refractivity contribution in [2.45, 2.75) is 0 Å². The van der Waals surface area contributed by atoms with Crippen molar-refractivity contribution in [3.63, 3.8) is 0 Å². The van der Waals surface area contributed by atoms with Gasteiger partial charge in [-0.2, -0.15) is 0 Å². The Morgan fingerprint density at radius 2 is 1.29 bits per heavy atom. The number of hydrogen-bond acceptors (Lipinski definition) is 3. The third-order valence-electron chi connectivity index (χ3n) is 9.23. The summed E-state index contributed by atoms with van der Waals surface area (Å²) in [6.45, 7) is -0.262. The average molecular weight is 541 g/mol. The van der Waals surface area contributed by atoms with E-state index in [1.807, 2.05) is 18.2 Å². The first kappa shape index (κ1) is 22.0. The maximum absolute atomic E-state index is 15.7. The fourth-order valence-electron chi connectivity index (χ4n) is 7.56. The molecule has 190 valence electrons. The number of hydrogen-bond donors (Lipinski definition) is 0. The zero-order valence-corrected chi connectivity index (χ0v) is 22.8. The van der Waals surface area contributed by atoms with Gasteiger partial charge in [0, 0.05) is 38.3 Å². The van der Waals surface area contributed by atoms with Crippen molar-refractivity contribution in [1.82, 2.24) is 0 Å². The van der Waals surface area contributed by atoms with Gasteiger partial charge >= 0.3 is 6.57 Å². The van der Waals surface area contributed by atoms with Crippen molar-refractivity contribution in [2.75, 3.05) is 4.81 Å². The van der Waals surface area contributed by atoms with Crippen molar-refractivity contribution in [2.24, 2.45) is 0 Å². The second kappa shape index (κ2) is 7.48. The highest BCUT2D eigenvalue weighted by Crippen LogP contribution is 2.65. The van der Waals surface area contributed by atoms with Gasteiger partial charge in [0.1, 0.15) is 18.2 Å². The molecule has 1 aromatic heterocycles. The predicted octanol–water partition coefficient (Wildman–Crippen LogP) is 8.07. The summed E-state index contributed by atoms with van der Waals surface area (Å²) in [5.41, 5.74) is 11.9. The van der Waals surface area contributed by atoms with E-state index >= 15 is 4.57 Å². The van der Waals surface area contributed by atoms with Crippen LogP contribution in [0.3, 0.4) is 0 Å². The van der Waals surface area contributed by atoms with Crippen LogP contribution in [0.25, 0.3) is 55.3 Å². The molecule has 7 aromatic rings. The quantitative estimate of drug-likeness (QED) is 0.156. The van der Waals surface area contributed by atoms with Crippen LogP contribution in [0.4, 0.5) is 11.4 Å². The lowest BCUT2D eigenvalue weighted by atomic mass is 9.69. The zero-order chi connectivity index (χ0) is 26.9. The van der Waals surface area contributed by atoms with Crippen LogP contribution >= 0.6 is 7.02 Å². The van der Waals surface area contributed by atoms with E-state index in [1.54, 1.807) is 0 Å². The average Bonchev–Trinajstić information content (AvgIpc) is 3.63. The first-order chi connectivity index (χ1) is 20.2. The van der Waals surface area contributed by atoms with Gasteiger partial charge in [-0.25, -0.2) is 0 Å². The summed E-state index contributed by atoms with van der Waals surface area (Å²) in [7, 11) is -3.02. The van der Waals surface area contributed by atoms with E-state index in [1.165, 1.54) is 11.1 Å². The summed E-state index contributed by atoms with van der Waals surface area (Å²) in [6, 6.07) is 44.6. The molecule has 3 nitrogen and oxygen atoms in total. The van der Waals surface area contributed by atoms with E-state index in [0.717, 1.165) is 71.6 Å². The Labute approximate surface area is 237 Å². The SMILES string of the molecule is O=P12B3c4ccccc4-c4ccccc4N3c3cc(-c4ccc5oc6ccccc6c5c4)cc(c31)-c1ccccc12. The molecular formula is C36H21BNO2P. The van der Waals surface area contributed by atoms with Gasteiger partial charge in [0.05, 0.1) is 0 Å². The molecule has 0 spiro atoms. The Hall–Kier alpha value is -4.79. The van der Waals surface area contributed by atoms with E-state index in [2.05, 4.69) is 114 Å². The standard InChI is InChI=1S/C36H21BNO2P/c39-41-35-16-8-4-12-27(35)29-20-23(22-17-18-34-28(19-22)26-11-3-7-15-33(26)40-34)21-32(36(29)41)38-31-14-6-2-10-25(31)24-9-1-5-13-30(24)37(38)41/h1-21H. The molecule has 41 heavy (non-hydrogen) atoms. The normalized spacial score (nSPS) is 17.4. The largest absolute Gasteiger partial charge is 0.456 e. The molecule has 0 amide bonds. The Kier molecular flexibility index (Phi) is 4.01. The maximum atomic E-state index is 15.7. The summed E-state index contributed by atoms with van der Waals surface area (Å²) in [4.78, 5) is 2.38. The molecule has 3 aliphatic rings. The summed E-state index contributed by atoms with van der Waals surface area (Å²) in [6.07, 6.45) is 0. The number of benzene rings is 6. The molecule has 0 saturated carbocycles. The molecule has 6 aromatic carbocycles. The molecule has 1 atom stereocenters. The van der Waals surface area contributed by atoms with Crippen molar-refractivity contribution in [3.05, 3.63) is 127 Å². The summed E-state index contributed by atoms with van der Waals surface area (Å²) >= 11 is 0. The monoisotopic (exact) mass is 541 g/mol. The van der Waals surface area contributed by atoms with Crippen molar-refractivity contribution in [3.8, 4) is 33.4 Å². The third-order valence-corrected chi connectivity index (χ3v) is 12.7. The Morgan fingerprint density at radius 1 is 0.561 bits per heavy atom. The topological polar surface area (TPSA) is 33.5 Å². The van der Waals surface area contributed by atoms with Crippen LogP contribution in [-0.4, -0.2) is 6.57 Å². The summed E-state index contributed by atoms with van der Waals surface area (Å²) in [5, 5.41) is 4.21. The molecule has 10 rings (SSSR count). The second-order valence-corrected chi connectivity index (χ2v) is 14.0. The van der Waals surface area contributed by atoms with Gasteiger partial charge in [-0.15, -0.1) is 0 Å². The number of furan rings is 1. The van der Waals surface area contributed by atoms with Gasteiger partial charge in [-0.1, -0.05) is 91.0 Å². The lowest BCUT2D eigenvalue weighted by molar-refractivity contribution is 0.595. The van der Waals surface area contributed by atoms with E-state index in [0.29, 0.717) is 0 Å². The fraction of sp³-hybridized carbons (Fsp3) is 0. The molecule has 0 aliphatic carbocycles. The molecule has 0 saturated heterocycles. The van der Waals surface area contributed by atoms with E-state index in [9.17, 15) is 0 Å². The van der Waals surface area contributed by atoms with Crippen LogP contribution in [0.1, 0.15) is 0 Å². The maximum Gasteiger partial charge on any atom is 0.377 e. The number of nitrogens with zero attached hydrogens (tertiary/aromatic N) is 1. The van der Waals surface area contributed by atoms with Gasteiger partial charge in [-0.3, -0.25) is 0 Å². The van der Waals surface area contributed by atoms with E-state index < -0.39 is 7.02 Å². The van der Waals surface area contributed by atoms with Gasteiger partial charge in [-0.05, 0) is 69.7 Å². The molecule has 3 aliphatic heterocycles. The molecule has 4 heterocycles. The van der Waals surface area contributed by atoms with Gasteiger partial charge in [0.25, 0.3) is 0 Å². The number of rotatable bonds is 1. The van der Waals surface area contributed by atoms with Crippen LogP contribution in [-0.2, 0) is 4.57 Å². The fourth-order valence-corrected chi connectivity index (χ4v) is 11.4. The Morgan fingerprint density at radius 3 is 2.22 bits per heavy atom. The highest BCUT2D eigenvalue weighted by Gasteiger charge is 2.60. The van der Waals surface area contributed by atoms with Crippen molar-refractivity contribution < 1.29 is 8.98 Å². The lowest BCUT2D eigenvalue weighted by Crippen LogP contribution is -2.48. The molecule has 5 heteroatoms. The minimum absolute atomic E-state index is 0.262. The van der Waals surface area contributed by atoms with Crippen LogP contribution in [0.5, 0.6) is 0 Å². The van der Waals surface area contributed by atoms with Crippen LogP contribution in [0, 0.1) is 0 Å². The minimum atomic E-state index is -3.02. The second-order valence-electron chi connectivity index (χ2n) is 11.2. The molecule has 0 N–H and O–H groups in total. The number of fused-ring (bicyclic) bond motifs is 14. The van der Waals surface area contributed by atoms with Crippen molar-refractivity contribution in [1.29, 1.82) is 0 Å². The van der Waals surface area contributed by atoms with Gasteiger partial charge in [0.15, 0.2) is 0 Å². The zero-order valence-electron chi connectivity index (χ0n) is 21.9. The highest BCUT2D eigenvalue weighted by molar-refractivity contribution is 8.09. The minimum Gasteiger partial charge on any atom is -0.456 e. The predicted molar refractivity (Wildman–Crippen MR) is 171 cm³/mol. The third kappa shape index (κ3) is 2.60. The molecule has 1 unspecified atom stereocenters. The Bertz CT molecular complexity index is 2340. The highest BCUT2D eigenvalue weighted by atomic mass is 31.2.